The molecule has 1 amide bonds. The molecule has 0 atom stereocenters. The summed E-state index contributed by atoms with van der Waals surface area (Å²) >= 11 is 6.48. The van der Waals surface area contributed by atoms with Crippen LogP contribution in [0.25, 0.3) is 6.08 Å². The topological polar surface area (TPSA) is 59.8 Å². The Bertz CT molecular complexity index is 595. The van der Waals surface area contributed by atoms with Gasteiger partial charge in [-0.2, -0.15) is 0 Å². The van der Waals surface area contributed by atoms with E-state index >= 15 is 0 Å². The Hall–Kier alpha value is -1.60. The van der Waals surface area contributed by atoms with Crippen molar-refractivity contribution < 1.29 is 18.7 Å². The number of thioether (sulfide) groups is 1. The fraction of sp³-hybridized carbons (Fsp3) is 0.438. The molecule has 1 fully saturated rings. The minimum Gasteiger partial charge on any atom is -0.466 e. The summed E-state index contributed by atoms with van der Waals surface area (Å²) in [6, 6.07) is 3.54. The van der Waals surface area contributed by atoms with Gasteiger partial charge in [-0.15, -0.1) is 0 Å². The molecule has 2 rings (SSSR count). The van der Waals surface area contributed by atoms with E-state index < -0.39 is 0 Å². The third-order valence-electron chi connectivity index (χ3n) is 3.21. The van der Waals surface area contributed by atoms with Gasteiger partial charge >= 0.3 is 5.97 Å². The maximum absolute atomic E-state index is 12.3. The molecule has 1 aromatic rings. The normalized spacial score (nSPS) is 16.4. The molecule has 0 unspecified atom stereocenters. The maximum atomic E-state index is 12.3. The van der Waals surface area contributed by atoms with Crippen molar-refractivity contribution in [2.75, 3.05) is 13.2 Å². The Labute approximate surface area is 145 Å². The fourth-order valence-electron chi connectivity index (χ4n) is 1.98. The van der Waals surface area contributed by atoms with Crippen LogP contribution in [0.2, 0.25) is 0 Å². The number of furan rings is 1. The zero-order chi connectivity index (χ0) is 16.7. The number of rotatable bonds is 8. The first-order valence-corrected chi connectivity index (χ1v) is 8.78. The van der Waals surface area contributed by atoms with Crippen LogP contribution in [0.15, 0.2) is 27.7 Å². The summed E-state index contributed by atoms with van der Waals surface area (Å²) in [5.74, 6) is 0.246. The highest BCUT2D eigenvalue weighted by atomic mass is 32.2. The SMILES string of the molecule is CCCCOC(=O)CCCN1C(=O)C(=Cc2ccco2)SC1=S. The van der Waals surface area contributed by atoms with E-state index in [0.717, 1.165) is 12.8 Å². The third kappa shape index (κ3) is 5.21. The lowest BCUT2D eigenvalue weighted by molar-refractivity contribution is -0.144. The number of amides is 1. The molecular formula is C16H19NO4S2. The van der Waals surface area contributed by atoms with Gasteiger partial charge < -0.3 is 9.15 Å². The molecule has 124 valence electrons. The van der Waals surface area contributed by atoms with Crippen LogP contribution in [0.4, 0.5) is 0 Å². The van der Waals surface area contributed by atoms with E-state index in [2.05, 4.69) is 0 Å². The largest absolute Gasteiger partial charge is 0.466 e. The highest BCUT2D eigenvalue weighted by Gasteiger charge is 2.31. The van der Waals surface area contributed by atoms with Crippen molar-refractivity contribution in [2.45, 2.75) is 32.6 Å². The molecule has 0 aliphatic carbocycles. The lowest BCUT2D eigenvalue weighted by Crippen LogP contribution is -2.29. The minimum absolute atomic E-state index is 0.143. The molecule has 0 aromatic carbocycles. The number of nitrogens with zero attached hydrogens (tertiary/aromatic N) is 1. The van der Waals surface area contributed by atoms with Gasteiger partial charge in [0.15, 0.2) is 0 Å². The van der Waals surface area contributed by atoms with Crippen LogP contribution in [0.5, 0.6) is 0 Å². The molecular weight excluding hydrogens is 334 g/mol. The molecule has 0 bridgehead atoms. The molecule has 23 heavy (non-hydrogen) atoms. The fourth-order valence-corrected chi connectivity index (χ4v) is 3.27. The average Bonchev–Trinajstić information content (AvgIpc) is 3.11. The quantitative estimate of drug-likeness (QED) is 0.308. The molecule has 1 saturated heterocycles. The predicted octanol–water partition coefficient (Wildman–Crippen LogP) is 3.60. The van der Waals surface area contributed by atoms with Crippen LogP contribution >= 0.6 is 24.0 Å². The highest BCUT2D eigenvalue weighted by Crippen LogP contribution is 2.32. The first-order valence-electron chi connectivity index (χ1n) is 7.56. The summed E-state index contributed by atoms with van der Waals surface area (Å²) in [5.41, 5.74) is 0. The summed E-state index contributed by atoms with van der Waals surface area (Å²) in [6.45, 7) is 2.92. The molecule has 0 spiro atoms. The van der Waals surface area contributed by atoms with Gasteiger partial charge in [-0.3, -0.25) is 14.5 Å². The molecule has 0 radical (unpaired) electrons. The minimum atomic E-state index is -0.227. The second-order valence-corrected chi connectivity index (χ2v) is 6.70. The van der Waals surface area contributed by atoms with E-state index in [1.807, 2.05) is 6.92 Å². The van der Waals surface area contributed by atoms with Crippen molar-refractivity contribution in [3.05, 3.63) is 29.1 Å². The lowest BCUT2D eigenvalue weighted by atomic mass is 10.3. The van der Waals surface area contributed by atoms with Gasteiger partial charge in [-0.25, -0.2) is 0 Å². The predicted molar refractivity (Wildman–Crippen MR) is 93.7 cm³/mol. The van der Waals surface area contributed by atoms with Crippen molar-refractivity contribution in [3.8, 4) is 0 Å². The third-order valence-corrected chi connectivity index (χ3v) is 4.59. The zero-order valence-electron chi connectivity index (χ0n) is 12.9. The Morgan fingerprint density at radius 3 is 3.00 bits per heavy atom. The van der Waals surface area contributed by atoms with Crippen LogP contribution in [-0.4, -0.2) is 34.2 Å². The first-order chi connectivity index (χ1) is 11.1. The Balaban J connectivity index is 1.81. The highest BCUT2D eigenvalue weighted by molar-refractivity contribution is 8.26. The number of carbonyl (C=O) groups excluding carboxylic acids is 2. The van der Waals surface area contributed by atoms with Crippen LogP contribution in [0.1, 0.15) is 38.4 Å². The van der Waals surface area contributed by atoms with E-state index in [9.17, 15) is 9.59 Å². The molecule has 5 nitrogen and oxygen atoms in total. The number of hydrogen-bond donors (Lipinski definition) is 0. The summed E-state index contributed by atoms with van der Waals surface area (Å²) < 4.78 is 10.8. The second-order valence-electron chi connectivity index (χ2n) is 5.03. The summed E-state index contributed by atoms with van der Waals surface area (Å²) in [4.78, 5) is 25.9. The van der Waals surface area contributed by atoms with E-state index in [4.69, 9.17) is 21.4 Å². The number of unbranched alkanes of at least 4 members (excludes halogenated alkanes) is 1. The van der Waals surface area contributed by atoms with Crippen molar-refractivity contribution >= 4 is 46.3 Å². The molecule has 1 aromatic heterocycles. The molecule has 1 aliphatic rings. The summed E-state index contributed by atoms with van der Waals surface area (Å²) in [5, 5.41) is 0. The number of carbonyl (C=O) groups is 2. The van der Waals surface area contributed by atoms with Gasteiger partial charge in [0.05, 0.1) is 17.8 Å². The number of thiocarbonyl (C=S) groups is 1. The van der Waals surface area contributed by atoms with Gasteiger partial charge in [0.2, 0.25) is 0 Å². The van der Waals surface area contributed by atoms with Crippen molar-refractivity contribution in [1.29, 1.82) is 0 Å². The van der Waals surface area contributed by atoms with Gasteiger partial charge in [0.25, 0.3) is 5.91 Å². The molecule has 1 aliphatic heterocycles. The molecule has 7 heteroatoms. The Kier molecular flexibility index (Phi) is 6.85. The average molecular weight is 353 g/mol. The van der Waals surface area contributed by atoms with Crippen LogP contribution in [-0.2, 0) is 14.3 Å². The summed E-state index contributed by atoms with van der Waals surface area (Å²) in [7, 11) is 0. The number of ether oxygens (including phenoxy) is 1. The maximum Gasteiger partial charge on any atom is 0.305 e. The van der Waals surface area contributed by atoms with Gasteiger partial charge in [-0.05, 0) is 25.0 Å². The lowest BCUT2D eigenvalue weighted by Gasteiger charge is -2.13. The van der Waals surface area contributed by atoms with Crippen molar-refractivity contribution in [3.63, 3.8) is 0 Å². The van der Waals surface area contributed by atoms with Gasteiger partial charge in [-0.1, -0.05) is 37.3 Å². The zero-order valence-corrected chi connectivity index (χ0v) is 14.6. The van der Waals surface area contributed by atoms with Gasteiger partial charge in [0.1, 0.15) is 10.1 Å². The Morgan fingerprint density at radius 1 is 1.48 bits per heavy atom. The van der Waals surface area contributed by atoms with Crippen LogP contribution < -0.4 is 0 Å². The van der Waals surface area contributed by atoms with E-state index in [0.29, 0.717) is 34.6 Å². The van der Waals surface area contributed by atoms with Crippen molar-refractivity contribution in [1.82, 2.24) is 4.90 Å². The first kappa shape index (κ1) is 17.7. The van der Waals surface area contributed by atoms with Crippen LogP contribution in [0, 0.1) is 0 Å². The van der Waals surface area contributed by atoms with E-state index in [1.54, 1.807) is 24.5 Å². The van der Waals surface area contributed by atoms with Gasteiger partial charge in [0, 0.05) is 19.0 Å². The Morgan fingerprint density at radius 2 is 2.30 bits per heavy atom. The van der Waals surface area contributed by atoms with E-state index in [1.165, 1.54) is 16.7 Å². The molecule has 0 saturated carbocycles. The number of esters is 1. The smallest absolute Gasteiger partial charge is 0.305 e. The monoisotopic (exact) mass is 353 g/mol. The standard InChI is InChI=1S/C16H19NO4S2/c1-2-3-9-21-14(18)7-4-8-17-15(19)13(23-16(17)22)11-12-6-5-10-20-12/h5-6,10-11H,2-4,7-9H2,1H3. The molecule has 2 heterocycles. The molecule has 0 N–H and O–H groups in total. The second kappa shape index (κ2) is 8.88. The van der Waals surface area contributed by atoms with Crippen molar-refractivity contribution in [2.24, 2.45) is 0 Å². The number of hydrogen-bond acceptors (Lipinski definition) is 6. The van der Waals surface area contributed by atoms with Crippen LogP contribution in [0.3, 0.4) is 0 Å². The van der Waals surface area contributed by atoms with E-state index in [-0.39, 0.29) is 18.3 Å². The summed E-state index contributed by atoms with van der Waals surface area (Å²) in [6.07, 6.45) is 5.92.